The summed E-state index contributed by atoms with van der Waals surface area (Å²) in [4.78, 5) is 2.04. The SMILES string of the molecule is CCOC1CCC(C#N)c2cc(-c3nnco3)sc21. The van der Waals surface area contributed by atoms with Crippen molar-refractivity contribution < 1.29 is 9.15 Å². The molecule has 2 atom stereocenters. The normalized spacial score (nSPS) is 21.9. The van der Waals surface area contributed by atoms with Crippen LogP contribution >= 0.6 is 11.3 Å². The maximum atomic E-state index is 9.26. The summed E-state index contributed by atoms with van der Waals surface area (Å²) >= 11 is 1.59. The van der Waals surface area contributed by atoms with Crippen molar-refractivity contribution in [3.8, 4) is 16.8 Å². The number of nitrogens with zero attached hydrogens (tertiary/aromatic N) is 3. The van der Waals surface area contributed by atoms with Crippen molar-refractivity contribution in [3.63, 3.8) is 0 Å². The minimum atomic E-state index is -0.0559. The highest BCUT2D eigenvalue weighted by molar-refractivity contribution is 7.15. The van der Waals surface area contributed by atoms with E-state index in [4.69, 9.17) is 9.15 Å². The Bertz CT molecular complexity index is 600. The van der Waals surface area contributed by atoms with Gasteiger partial charge in [-0.2, -0.15) is 5.26 Å². The van der Waals surface area contributed by atoms with Gasteiger partial charge in [-0.15, -0.1) is 21.5 Å². The topological polar surface area (TPSA) is 71.9 Å². The third kappa shape index (κ3) is 2.15. The van der Waals surface area contributed by atoms with E-state index in [0.717, 1.165) is 28.2 Å². The van der Waals surface area contributed by atoms with Gasteiger partial charge in [0, 0.05) is 11.5 Å². The van der Waals surface area contributed by atoms with E-state index in [1.54, 1.807) is 11.3 Å². The van der Waals surface area contributed by atoms with E-state index in [2.05, 4.69) is 16.3 Å². The van der Waals surface area contributed by atoms with Crippen LogP contribution in [0.4, 0.5) is 0 Å². The van der Waals surface area contributed by atoms with Gasteiger partial charge in [-0.1, -0.05) is 0 Å². The van der Waals surface area contributed by atoms with Crippen LogP contribution in [-0.2, 0) is 4.74 Å². The molecule has 2 unspecified atom stereocenters. The minimum absolute atomic E-state index is 0.0559. The number of aromatic nitrogens is 2. The Kier molecular flexibility index (Phi) is 3.32. The number of ether oxygens (including phenoxy) is 1. The van der Waals surface area contributed by atoms with Gasteiger partial charge >= 0.3 is 0 Å². The zero-order valence-electron chi connectivity index (χ0n) is 10.5. The molecule has 19 heavy (non-hydrogen) atoms. The second kappa shape index (κ2) is 5.11. The molecule has 0 bridgehead atoms. The fraction of sp³-hybridized carbons (Fsp3) is 0.462. The van der Waals surface area contributed by atoms with Crippen LogP contribution in [0.2, 0.25) is 0 Å². The van der Waals surface area contributed by atoms with Crippen LogP contribution in [0.15, 0.2) is 16.9 Å². The van der Waals surface area contributed by atoms with Gasteiger partial charge in [0.25, 0.3) is 5.89 Å². The summed E-state index contributed by atoms with van der Waals surface area (Å²) in [5.74, 6) is 0.450. The lowest BCUT2D eigenvalue weighted by atomic mass is 9.87. The number of hydrogen-bond acceptors (Lipinski definition) is 6. The first-order valence-electron chi connectivity index (χ1n) is 6.24. The van der Waals surface area contributed by atoms with Gasteiger partial charge < -0.3 is 9.15 Å². The standard InChI is InChI=1S/C13H13N3O2S/c1-2-17-10-4-3-8(6-14)9-5-11(19-12(9)10)13-16-15-7-18-13/h5,7-8,10H,2-4H2,1H3. The van der Waals surface area contributed by atoms with Crippen molar-refractivity contribution in [1.82, 2.24) is 10.2 Å². The number of thiophene rings is 1. The van der Waals surface area contributed by atoms with Crippen LogP contribution in [0.5, 0.6) is 0 Å². The van der Waals surface area contributed by atoms with E-state index in [0.29, 0.717) is 12.5 Å². The number of rotatable bonds is 3. The Morgan fingerprint density at radius 1 is 1.58 bits per heavy atom. The van der Waals surface area contributed by atoms with Crippen molar-refractivity contribution in [2.24, 2.45) is 0 Å². The summed E-state index contributed by atoms with van der Waals surface area (Å²) in [6, 6.07) is 4.36. The third-order valence-corrected chi connectivity index (χ3v) is 4.50. The van der Waals surface area contributed by atoms with Crippen molar-refractivity contribution in [3.05, 3.63) is 22.9 Å². The molecule has 0 aromatic carbocycles. The molecule has 0 saturated heterocycles. The van der Waals surface area contributed by atoms with Gasteiger partial charge in [0.2, 0.25) is 6.39 Å². The minimum Gasteiger partial charge on any atom is -0.423 e. The summed E-state index contributed by atoms with van der Waals surface area (Å²) in [6.45, 7) is 2.66. The van der Waals surface area contributed by atoms with Crippen LogP contribution in [0.3, 0.4) is 0 Å². The summed E-state index contributed by atoms with van der Waals surface area (Å²) in [7, 11) is 0. The Morgan fingerprint density at radius 3 is 3.16 bits per heavy atom. The maximum absolute atomic E-state index is 9.26. The van der Waals surface area contributed by atoms with Gasteiger partial charge in [-0.05, 0) is 31.4 Å². The predicted molar refractivity (Wildman–Crippen MR) is 69.6 cm³/mol. The summed E-state index contributed by atoms with van der Waals surface area (Å²) in [5.41, 5.74) is 1.06. The molecule has 6 heteroatoms. The maximum Gasteiger partial charge on any atom is 0.257 e. The molecule has 0 aliphatic heterocycles. The number of nitriles is 1. The molecule has 1 aliphatic rings. The van der Waals surface area contributed by atoms with E-state index in [9.17, 15) is 5.26 Å². The van der Waals surface area contributed by atoms with Gasteiger partial charge in [-0.3, -0.25) is 0 Å². The first-order chi connectivity index (χ1) is 9.33. The van der Waals surface area contributed by atoms with Gasteiger partial charge in [-0.25, -0.2) is 0 Å². The zero-order valence-corrected chi connectivity index (χ0v) is 11.3. The predicted octanol–water partition coefficient (Wildman–Crippen LogP) is 3.28. The average Bonchev–Trinajstić information content (AvgIpc) is 3.08. The number of fused-ring (bicyclic) bond motifs is 1. The van der Waals surface area contributed by atoms with Gasteiger partial charge in [0.05, 0.1) is 23.0 Å². The smallest absolute Gasteiger partial charge is 0.257 e. The first kappa shape index (κ1) is 12.3. The Labute approximate surface area is 114 Å². The fourth-order valence-electron chi connectivity index (χ4n) is 2.43. The average molecular weight is 275 g/mol. The highest BCUT2D eigenvalue weighted by Gasteiger charge is 2.31. The molecule has 0 saturated carbocycles. The monoisotopic (exact) mass is 275 g/mol. The van der Waals surface area contributed by atoms with Crippen LogP contribution in [-0.4, -0.2) is 16.8 Å². The van der Waals surface area contributed by atoms with Crippen molar-refractivity contribution in [2.75, 3.05) is 6.61 Å². The third-order valence-electron chi connectivity index (χ3n) is 3.27. The van der Waals surface area contributed by atoms with E-state index in [1.807, 2.05) is 13.0 Å². The van der Waals surface area contributed by atoms with Crippen LogP contribution in [0.1, 0.15) is 42.2 Å². The zero-order chi connectivity index (χ0) is 13.2. The van der Waals surface area contributed by atoms with Crippen molar-refractivity contribution >= 4 is 11.3 Å². The van der Waals surface area contributed by atoms with Crippen molar-refractivity contribution in [2.45, 2.75) is 31.8 Å². The molecule has 0 radical (unpaired) electrons. The molecular formula is C13H13N3O2S. The molecule has 1 aliphatic carbocycles. The highest BCUT2D eigenvalue weighted by atomic mass is 32.1. The summed E-state index contributed by atoms with van der Waals surface area (Å²) < 4.78 is 11.0. The highest BCUT2D eigenvalue weighted by Crippen LogP contribution is 2.46. The van der Waals surface area contributed by atoms with E-state index in [1.165, 1.54) is 6.39 Å². The molecule has 0 N–H and O–H groups in total. The molecule has 2 aromatic heterocycles. The molecule has 0 amide bonds. The van der Waals surface area contributed by atoms with Gasteiger partial charge in [0.15, 0.2) is 0 Å². The van der Waals surface area contributed by atoms with E-state index in [-0.39, 0.29) is 12.0 Å². The molecule has 0 spiro atoms. The second-order valence-electron chi connectivity index (χ2n) is 4.38. The molecule has 0 fully saturated rings. The van der Waals surface area contributed by atoms with Gasteiger partial charge in [0.1, 0.15) is 0 Å². The summed E-state index contributed by atoms with van der Waals surface area (Å²) in [5, 5.41) is 16.9. The molecule has 5 nitrogen and oxygen atoms in total. The molecule has 98 valence electrons. The Balaban J connectivity index is 2.03. The largest absolute Gasteiger partial charge is 0.423 e. The quantitative estimate of drug-likeness (QED) is 0.859. The fourth-order valence-corrected chi connectivity index (χ4v) is 3.66. The Morgan fingerprint density at radius 2 is 2.47 bits per heavy atom. The summed E-state index contributed by atoms with van der Waals surface area (Å²) in [6.07, 6.45) is 3.14. The molecule has 3 rings (SSSR count). The van der Waals surface area contributed by atoms with E-state index < -0.39 is 0 Å². The van der Waals surface area contributed by atoms with Crippen LogP contribution in [0, 0.1) is 11.3 Å². The lowest BCUT2D eigenvalue weighted by Crippen LogP contribution is -2.13. The number of hydrogen-bond donors (Lipinski definition) is 0. The van der Waals surface area contributed by atoms with E-state index >= 15 is 0 Å². The second-order valence-corrected chi connectivity index (χ2v) is 5.46. The lowest BCUT2D eigenvalue weighted by Gasteiger charge is -2.24. The van der Waals surface area contributed by atoms with Crippen molar-refractivity contribution in [1.29, 1.82) is 5.26 Å². The first-order valence-corrected chi connectivity index (χ1v) is 7.06. The van der Waals surface area contributed by atoms with Crippen LogP contribution < -0.4 is 0 Å². The molecular weight excluding hydrogens is 262 g/mol. The van der Waals surface area contributed by atoms with Crippen LogP contribution in [0.25, 0.3) is 10.8 Å². The molecule has 2 heterocycles. The molecule has 2 aromatic rings. The Hall–Kier alpha value is -1.71. The lowest BCUT2D eigenvalue weighted by molar-refractivity contribution is 0.0516.